The second-order valence-electron chi connectivity index (χ2n) is 3.26. The Hall–Kier alpha value is -1.89. The van der Waals surface area contributed by atoms with E-state index in [1.54, 1.807) is 18.2 Å². The summed E-state index contributed by atoms with van der Waals surface area (Å²) in [5, 5.41) is 17.5. The molecule has 1 aromatic carbocycles. The lowest BCUT2D eigenvalue weighted by Gasteiger charge is -2.05. The molecule has 0 amide bonds. The Balaban J connectivity index is 2.19. The number of nitro groups is 1. The Bertz CT molecular complexity index is 528. The van der Waals surface area contributed by atoms with E-state index in [0.717, 1.165) is 4.47 Å². The molecule has 7 heteroatoms. The van der Waals surface area contributed by atoms with Crippen molar-refractivity contribution in [2.45, 2.75) is 6.54 Å². The maximum absolute atomic E-state index is 10.8. The highest BCUT2D eigenvalue weighted by molar-refractivity contribution is 9.10. The molecule has 0 spiro atoms. The van der Waals surface area contributed by atoms with Gasteiger partial charge >= 0.3 is 0 Å². The summed E-state index contributed by atoms with van der Waals surface area (Å²) < 4.78 is 5.44. The SMILES string of the molecule is O=[N+]([O-])c1ccc(Br)cc1NCc1ccon1. The van der Waals surface area contributed by atoms with E-state index in [2.05, 4.69) is 30.9 Å². The minimum Gasteiger partial charge on any atom is -0.374 e. The monoisotopic (exact) mass is 297 g/mol. The molecule has 2 aromatic rings. The predicted molar refractivity (Wildman–Crippen MR) is 64.6 cm³/mol. The van der Waals surface area contributed by atoms with Crippen LogP contribution in [0.4, 0.5) is 11.4 Å². The van der Waals surface area contributed by atoms with Crippen molar-refractivity contribution in [1.82, 2.24) is 5.16 Å². The number of benzene rings is 1. The second-order valence-corrected chi connectivity index (χ2v) is 4.18. The standard InChI is InChI=1S/C10H8BrN3O3/c11-7-1-2-10(14(15)16)9(5-7)12-6-8-3-4-17-13-8/h1-5,12H,6H2. The van der Waals surface area contributed by atoms with Crippen molar-refractivity contribution < 1.29 is 9.45 Å². The van der Waals surface area contributed by atoms with Crippen LogP contribution in [0.1, 0.15) is 5.69 Å². The molecule has 1 N–H and O–H groups in total. The molecule has 2 rings (SSSR count). The fourth-order valence-corrected chi connectivity index (χ4v) is 1.68. The molecule has 1 aromatic heterocycles. The number of nitrogens with one attached hydrogen (secondary N) is 1. The predicted octanol–water partition coefficient (Wildman–Crippen LogP) is 2.96. The Morgan fingerprint density at radius 3 is 2.94 bits per heavy atom. The number of halogens is 1. The van der Waals surface area contributed by atoms with Gasteiger partial charge < -0.3 is 9.84 Å². The lowest BCUT2D eigenvalue weighted by molar-refractivity contribution is -0.384. The Kier molecular flexibility index (Phi) is 3.38. The summed E-state index contributed by atoms with van der Waals surface area (Å²) in [7, 11) is 0. The van der Waals surface area contributed by atoms with Gasteiger partial charge in [0.1, 0.15) is 17.6 Å². The van der Waals surface area contributed by atoms with Crippen LogP contribution >= 0.6 is 15.9 Å². The highest BCUT2D eigenvalue weighted by Crippen LogP contribution is 2.28. The van der Waals surface area contributed by atoms with Gasteiger partial charge in [0, 0.05) is 16.6 Å². The minimum absolute atomic E-state index is 0.0247. The fraction of sp³-hybridized carbons (Fsp3) is 0.100. The number of rotatable bonds is 4. The van der Waals surface area contributed by atoms with Gasteiger partial charge in [0.25, 0.3) is 5.69 Å². The zero-order chi connectivity index (χ0) is 12.3. The van der Waals surface area contributed by atoms with Gasteiger partial charge in [-0.3, -0.25) is 10.1 Å². The number of aromatic nitrogens is 1. The fourth-order valence-electron chi connectivity index (χ4n) is 1.32. The molecule has 0 aliphatic rings. The summed E-state index contributed by atoms with van der Waals surface area (Å²) in [6.45, 7) is 0.369. The topological polar surface area (TPSA) is 81.2 Å². The average molecular weight is 298 g/mol. The molecule has 0 atom stereocenters. The Morgan fingerprint density at radius 1 is 1.47 bits per heavy atom. The van der Waals surface area contributed by atoms with E-state index in [-0.39, 0.29) is 5.69 Å². The van der Waals surface area contributed by atoms with Crippen LogP contribution in [-0.4, -0.2) is 10.1 Å². The maximum Gasteiger partial charge on any atom is 0.292 e. The average Bonchev–Trinajstić information content (AvgIpc) is 2.78. The van der Waals surface area contributed by atoms with Gasteiger partial charge in [-0.05, 0) is 12.1 Å². The van der Waals surface area contributed by atoms with Gasteiger partial charge in [0.15, 0.2) is 0 Å². The highest BCUT2D eigenvalue weighted by Gasteiger charge is 2.13. The van der Waals surface area contributed by atoms with Crippen molar-refractivity contribution in [1.29, 1.82) is 0 Å². The number of hydrogen-bond donors (Lipinski definition) is 1. The Labute approximate surface area is 105 Å². The van der Waals surface area contributed by atoms with Gasteiger partial charge in [0.2, 0.25) is 0 Å². The van der Waals surface area contributed by atoms with Crippen molar-refractivity contribution in [2.24, 2.45) is 0 Å². The molecule has 0 bridgehead atoms. The molecule has 0 unspecified atom stereocenters. The number of nitrogens with zero attached hydrogens (tertiary/aromatic N) is 2. The third-order valence-electron chi connectivity index (χ3n) is 2.11. The molecule has 17 heavy (non-hydrogen) atoms. The van der Waals surface area contributed by atoms with Crippen molar-refractivity contribution in [3.63, 3.8) is 0 Å². The molecule has 88 valence electrons. The van der Waals surface area contributed by atoms with Gasteiger partial charge in [-0.2, -0.15) is 0 Å². The van der Waals surface area contributed by atoms with Gasteiger partial charge in [0.05, 0.1) is 11.5 Å². The smallest absolute Gasteiger partial charge is 0.292 e. The highest BCUT2D eigenvalue weighted by atomic mass is 79.9. The van der Waals surface area contributed by atoms with Gasteiger partial charge in [-0.15, -0.1) is 0 Å². The summed E-state index contributed by atoms with van der Waals surface area (Å²) in [4.78, 5) is 10.4. The molecule has 0 saturated heterocycles. The van der Waals surface area contributed by atoms with E-state index in [1.807, 2.05) is 0 Å². The summed E-state index contributed by atoms with van der Waals surface area (Å²) in [5.74, 6) is 0. The zero-order valence-corrected chi connectivity index (χ0v) is 10.2. The summed E-state index contributed by atoms with van der Waals surface area (Å²) in [6, 6.07) is 6.41. The summed E-state index contributed by atoms with van der Waals surface area (Å²) in [6.07, 6.45) is 1.45. The van der Waals surface area contributed by atoms with E-state index in [0.29, 0.717) is 17.9 Å². The van der Waals surface area contributed by atoms with Crippen LogP contribution in [-0.2, 0) is 6.54 Å². The molecule has 0 aliphatic heterocycles. The lowest BCUT2D eigenvalue weighted by atomic mass is 10.2. The minimum atomic E-state index is -0.433. The van der Waals surface area contributed by atoms with E-state index >= 15 is 0 Å². The summed E-state index contributed by atoms with van der Waals surface area (Å²) >= 11 is 3.27. The largest absolute Gasteiger partial charge is 0.374 e. The van der Waals surface area contributed by atoms with Crippen LogP contribution in [0, 0.1) is 10.1 Å². The normalized spacial score (nSPS) is 10.2. The van der Waals surface area contributed by atoms with Crippen LogP contribution in [0.25, 0.3) is 0 Å². The third-order valence-corrected chi connectivity index (χ3v) is 2.60. The van der Waals surface area contributed by atoms with Crippen molar-refractivity contribution in [2.75, 3.05) is 5.32 Å². The van der Waals surface area contributed by atoms with Gasteiger partial charge in [-0.25, -0.2) is 0 Å². The molecular formula is C10H8BrN3O3. The van der Waals surface area contributed by atoms with Crippen LogP contribution in [0.15, 0.2) is 39.5 Å². The van der Waals surface area contributed by atoms with Crippen molar-refractivity contribution in [3.8, 4) is 0 Å². The van der Waals surface area contributed by atoms with Crippen LogP contribution in [0.2, 0.25) is 0 Å². The van der Waals surface area contributed by atoms with Crippen LogP contribution < -0.4 is 5.32 Å². The van der Waals surface area contributed by atoms with E-state index in [4.69, 9.17) is 0 Å². The van der Waals surface area contributed by atoms with Crippen molar-refractivity contribution >= 4 is 27.3 Å². The molecule has 0 radical (unpaired) electrons. The first-order chi connectivity index (χ1) is 8.16. The molecule has 1 heterocycles. The maximum atomic E-state index is 10.8. The molecular weight excluding hydrogens is 290 g/mol. The zero-order valence-electron chi connectivity index (χ0n) is 8.59. The second kappa shape index (κ2) is 4.96. The number of anilines is 1. The summed E-state index contributed by atoms with van der Waals surface area (Å²) in [5.41, 5.74) is 1.14. The van der Waals surface area contributed by atoms with Crippen LogP contribution in [0.3, 0.4) is 0 Å². The molecule has 0 saturated carbocycles. The van der Waals surface area contributed by atoms with Gasteiger partial charge in [-0.1, -0.05) is 21.1 Å². The van der Waals surface area contributed by atoms with E-state index < -0.39 is 4.92 Å². The first-order valence-electron chi connectivity index (χ1n) is 4.74. The first-order valence-corrected chi connectivity index (χ1v) is 5.53. The quantitative estimate of drug-likeness (QED) is 0.693. The van der Waals surface area contributed by atoms with E-state index in [1.165, 1.54) is 12.3 Å². The number of nitro benzene ring substituents is 1. The number of hydrogen-bond acceptors (Lipinski definition) is 5. The van der Waals surface area contributed by atoms with Crippen molar-refractivity contribution in [3.05, 3.63) is 50.8 Å². The first kappa shape index (κ1) is 11.6. The lowest BCUT2D eigenvalue weighted by Crippen LogP contribution is -2.02. The van der Waals surface area contributed by atoms with E-state index in [9.17, 15) is 10.1 Å². The third kappa shape index (κ3) is 2.82. The van der Waals surface area contributed by atoms with Crippen LogP contribution in [0.5, 0.6) is 0 Å². The molecule has 0 aliphatic carbocycles. The molecule has 0 fully saturated rings. The molecule has 6 nitrogen and oxygen atoms in total. The Morgan fingerprint density at radius 2 is 2.29 bits per heavy atom.